The summed E-state index contributed by atoms with van der Waals surface area (Å²) < 4.78 is 100. The molecule has 1 aromatic carbocycles. The molecule has 0 radical (unpaired) electrons. The predicted octanol–water partition coefficient (Wildman–Crippen LogP) is 7.86. The second-order valence-electron chi connectivity index (χ2n) is 9.76. The Labute approximate surface area is 233 Å². The first-order valence-corrected chi connectivity index (χ1v) is 12.7. The summed E-state index contributed by atoms with van der Waals surface area (Å²) in [6, 6.07) is 3.11. The van der Waals surface area contributed by atoms with E-state index in [0.717, 1.165) is 18.2 Å². The topological polar surface area (TPSA) is 68.7 Å². The van der Waals surface area contributed by atoms with Gasteiger partial charge in [0.05, 0.1) is 32.6 Å². The Bertz CT molecular complexity index is 1440. The van der Waals surface area contributed by atoms with Gasteiger partial charge in [-0.3, -0.25) is 0 Å². The highest BCUT2D eigenvalue weighted by molar-refractivity contribution is 6.05. The maximum absolute atomic E-state index is 14.6. The maximum atomic E-state index is 14.6. The van der Waals surface area contributed by atoms with E-state index in [1.807, 2.05) is 0 Å². The fraction of sp³-hybridized carbons (Fsp3) is 0.379. The van der Waals surface area contributed by atoms with Crippen LogP contribution in [0, 0.1) is 5.92 Å². The number of hydrogen-bond acceptors (Lipinski definition) is 5. The number of aliphatic imine (C=N–C) groups is 1. The van der Waals surface area contributed by atoms with Crippen LogP contribution in [0.25, 0.3) is 11.4 Å². The van der Waals surface area contributed by atoms with Crippen molar-refractivity contribution in [2.45, 2.75) is 45.0 Å². The van der Waals surface area contributed by atoms with Gasteiger partial charge in [-0.25, -0.2) is 9.98 Å². The molecule has 2 aromatic rings. The number of alkyl halides is 6. The van der Waals surface area contributed by atoms with Gasteiger partial charge in [0.2, 0.25) is 0 Å². The molecule has 2 aliphatic rings. The van der Waals surface area contributed by atoms with Crippen LogP contribution >= 0.6 is 0 Å². The van der Waals surface area contributed by atoms with Gasteiger partial charge in [0.25, 0.3) is 0 Å². The Balaban J connectivity index is 1.89. The van der Waals surface area contributed by atoms with E-state index in [1.54, 1.807) is 32.1 Å². The van der Waals surface area contributed by atoms with E-state index in [4.69, 9.17) is 14.2 Å². The molecule has 2 unspecified atom stereocenters. The minimum absolute atomic E-state index is 0.0669. The van der Waals surface area contributed by atoms with Gasteiger partial charge in [-0.2, -0.15) is 26.3 Å². The van der Waals surface area contributed by atoms with Crippen LogP contribution in [0.15, 0.2) is 64.3 Å². The lowest BCUT2D eigenvalue weighted by Gasteiger charge is -2.19. The fourth-order valence-corrected chi connectivity index (χ4v) is 4.66. The number of imidazole rings is 1. The van der Waals surface area contributed by atoms with Gasteiger partial charge in [0.15, 0.2) is 5.71 Å². The number of nitrogens with zero attached hydrogens (tertiary/aromatic N) is 2. The van der Waals surface area contributed by atoms with Gasteiger partial charge in [-0.1, -0.05) is 38.2 Å². The Morgan fingerprint density at radius 3 is 2.07 bits per heavy atom. The quantitative estimate of drug-likeness (QED) is 0.365. The van der Waals surface area contributed by atoms with Crippen LogP contribution in [0.2, 0.25) is 0 Å². The molecule has 41 heavy (non-hydrogen) atoms. The Kier molecular flexibility index (Phi) is 8.41. The average molecular weight is 582 g/mol. The standard InChI is InChI=1S/C29H29F6N3O3/c1-15-6-9-18(28(30,31)32)10-8-17(12-15)20-11-7-16(2)24-25(26(36-20)29(33,34)35)38-27(37-24)23-21(40-4)13-19(39-3)14-22(23)41-5/h8-16H,6-7H2,1-5H3,(H,37,38)/b10-8?,17-12+,18-9?,20-11+,36-26?. The van der Waals surface area contributed by atoms with E-state index < -0.39 is 35.2 Å². The van der Waals surface area contributed by atoms with Gasteiger partial charge in [0.1, 0.15) is 34.3 Å². The Morgan fingerprint density at radius 2 is 1.51 bits per heavy atom. The number of ether oxygens (including phenoxy) is 3. The molecule has 0 saturated carbocycles. The van der Waals surface area contributed by atoms with Crippen LogP contribution in [-0.2, 0) is 0 Å². The van der Waals surface area contributed by atoms with E-state index in [0.29, 0.717) is 5.75 Å². The van der Waals surface area contributed by atoms with Crippen molar-refractivity contribution >= 4 is 5.71 Å². The molecule has 0 fully saturated rings. The summed E-state index contributed by atoms with van der Waals surface area (Å²) in [6.07, 6.45) is -2.97. The fourth-order valence-electron chi connectivity index (χ4n) is 4.66. The zero-order valence-corrected chi connectivity index (χ0v) is 23.0. The van der Waals surface area contributed by atoms with E-state index in [9.17, 15) is 26.3 Å². The van der Waals surface area contributed by atoms with Crippen molar-refractivity contribution in [1.29, 1.82) is 0 Å². The number of fused-ring (bicyclic) bond motifs is 1. The molecular weight excluding hydrogens is 552 g/mol. The summed E-state index contributed by atoms with van der Waals surface area (Å²) in [7, 11) is 4.25. The van der Waals surface area contributed by atoms with Gasteiger partial charge in [-0.05, 0) is 30.4 Å². The van der Waals surface area contributed by atoms with Crippen LogP contribution in [-0.4, -0.2) is 49.4 Å². The number of aromatic nitrogens is 2. The van der Waals surface area contributed by atoms with E-state index in [-0.39, 0.29) is 58.6 Å². The minimum Gasteiger partial charge on any atom is -0.496 e. The lowest BCUT2D eigenvalue weighted by atomic mass is 9.93. The van der Waals surface area contributed by atoms with Crippen molar-refractivity contribution in [2.75, 3.05) is 21.3 Å². The number of aromatic amines is 1. The van der Waals surface area contributed by atoms with Crippen molar-refractivity contribution in [3.63, 3.8) is 0 Å². The molecule has 1 aromatic heterocycles. The number of benzene rings is 1. The number of halogens is 6. The summed E-state index contributed by atoms with van der Waals surface area (Å²) in [5.41, 5.74) is -1.97. The number of hydrogen-bond donors (Lipinski definition) is 1. The largest absolute Gasteiger partial charge is 0.496 e. The lowest BCUT2D eigenvalue weighted by molar-refractivity contribution is -0.0885. The highest BCUT2D eigenvalue weighted by atomic mass is 19.4. The SMILES string of the molecule is COc1cc(OC)c(-c2nc3c([nH]2)C(C)C/C=C(\C2=C\C(C)CC=C(C(F)(F)F)C=C2)N=C3C(F)(F)F)c(OC)c1. The first kappa shape index (κ1) is 30.0. The van der Waals surface area contributed by atoms with Crippen LogP contribution in [0.5, 0.6) is 17.2 Å². The molecule has 2 heterocycles. The Hall–Kier alpha value is -3.96. The first-order chi connectivity index (χ1) is 19.3. The van der Waals surface area contributed by atoms with E-state index in [2.05, 4.69) is 15.0 Å². The summed E-state index contributed by atoms with van der Waals surface area (Å²) >= 11 is 0. The van der Waals surface area contributed by atoms with Gasteiger partial charge >= 0.3 is 12.4 Å². The number of rotatable bonds is 5. The normalized spacial score (nSPS) is 22.4. The second-order valence-corrected chi connectivity index (χ2v) is 9.76. The molecule has 6 nitrogen and oxygen atoms in total. The molecule has 1 aliphatic heterocycles. The average Bonchev–Trinajstić information content (AvgIpc) is 3.31. The molecule has 0 spiro atoms. The van der Waals surface area contributed by atoms with Crippen molar-refractivity contribution in [1.82, 2.24) is 9.97 Å². The van der Waals surface area contributed by atoms with Crippen LogP contribution in [0.4, 0.5) is 26.3 Å². The molecular formula is C29H29F6N3O3. The third-order valence-electron chi connectivity index (χ3n) is 6.81. The van der Waals surface area contributed by atoms with Crippen LogP contribution in [0.3, 0.4) is 0 Å². The first-order valence-electron chi connectivity index (χ1n) is 12.7. The van der Waals surface area contributed by atoms with Crippen molar-refractivity contribution in [2.24, 2.45) is 10.9 Å². The van der Waals surface area contributed by atoms with E-state index >= 15 is 0 Å². The van der Waals surface area contributed by atoms with Crippen LogP contribution < -0.4 is 14.2 Å². The number of H-pyrrole nitrogens is 1. The molecule has 4 rings (SSSR count). The molecule has 1 N–H and O–H groups in total. The highest BCUT2D eigenvalue weighted by Crippen LogP contribution is 2.43. The summed E-state index contributed by atoms with van der Waals surface area (Å²) in [4.78, 5) is 11.3. The third-order valence-corrected chi connectivity index (χ3v) is 6.81. The minimum atomic E-state index is -4.93. The monoisotopic (exact) mass is 581 g/mol. The molecule has 0 saturated heterocycles. The molecule has 1 aliphatic carbocycles. The summed E-state index contributed by atoms with van der Waals surface area (Å²) in [6.45, 7) is 3.42. The van der Waals surface area contributed by atoms with Crippen molar-refractivity contribution in [3.05, 3.63) is 70.7 Å². The predicted molar refractivity (Wildman–Crippen MR) is 143 cm³/mol. The summed E-state index contributed by atoms with van der Waals surface area (Å²) in [5, 5.41) is 0. The van der Waals surface area contributed by atoms with Crippen molar-refractivity contribution in [3.8, 4) is 28.6 Å². The van der Waals surface area contributed by atoms with Crippen LogP contribution in [0.1, 0.15) is 44.0 Å². The molecule has 2 atom stereocenters. The highest BCUT2D eigenvalue weighted by Gasteiger charge is 2.42. The Morgan fingerprint density at radius 1 is 0.854 bits per heavy atom. The molecule has 220 valence electrons. The number of methoxy groups -OCH3 is 3. The van der Waals surface area contributed by atoms with Gasteiger partial charge in [0, 0.05) is 23.7 Å². The zero-order chi connectivity index (χ0) is 30.1. The number of nitrogens with one attached hydrogen (secondary N) is 1. The molecule has 0 amide bonds. The van der Waals surface area contributed by atoms with E-state index in [1.165, 1.54) is 27.4 Å². The molecule has 12 heteroatoms. The zero-order valence-electron chi connectivity index (χ0n) is 23.0. The maximum Gasteiger partial charge on any atom is 0.435 e. The third kappa shape index (κ3) is 6.36. The molecule has 0 bridgehead atoms. The number of allylic oxidation sites excluding steroid dienone is 6. The van der Waals surface area contributed by atoms with Crippen molar-refractivity contribution < 1.29 is 40.6 Å². The lowest BCUT2D eigenvalue weighted by Crippen LogP contribution is -2.27. The van der Waals surface area contributed by atoms with Gasteiger partial charge < -0.3 is 19.2 Å². The summed E-state index contributed by atoms with van der Waals surface area (Å²) in [5.74, 6) is 0.135. The second kappa shape index (κ2) is 11.5. The smallest absolute Gasteiger partial charge is 0.435 e. The van der Waals surface area contributed by atoms with Gasteiger partial charge in [-0.15, -0.1) is 0 Å².